The second kappa shape index (κ2) is 2.97. The van der Waals surface area contributed by atoms with Gasteiger partial charge in [0, 0.05) is 0 Å². The zero-order valence-corrected chi connectivity index (χ0v) is 6.35. The van der Waals surface area contributed by atoms with Crippen molar-refractivity contribution in [2.45, 2.75) is 32.7 Å². The smallest absolute Gasteiger partial charge is 0.139 e. The van der Waals surface area contributed by atoms with Crippen LogP contribution in [0.15, 0.2) is 0 Å². The zero-order chi connectivity index (χ0) is 7.49. The number of nitrogens with two attached hydrogens (primary N) is 1. The first-order chi connectivity index (χ1) is 3.98. The van der Waals surface area contributed by atoms with Gasteiger partial charge in [-0.2, -0.15) is 0 Å². The summed E-state index contributed by atoms with van der Waals surface area (Å²) in [4.78, 5) is 10.2. The maximum atomic E-state index is 10.2. The van der Waals surface area contributed by atoms with Crippen LogP contribution in [0, 0.1) is 5.92 Å². The molecule has 0 aromatic heterocycles. The van der Waals surface area contributed by atoms with Gasteiger partial charge in [0.1, 0.15) is 6.29 Å². The maximum absolute atomic E-state index is 10.2. The molecule has 0 bridgehead atoms. The Labute approximate surface area is 56.4 Å². The molecule has 0 saturated carbocycles. The molecule has 0 radical (unpaired) electrons. The molecule has 0 aromatic carbocycles. The van der Waals surface area contributed by atoms with Crippen LogP contribution >= 0.6 is 0 Å². The lowest BCUT2D eigenvalue weighted by molar-refractivity contribution is -0.112. The summed E-state index contributed by atoms with van der Waals surface area (Å²) < 4.78 is 0. The third-order valence-corrected chi connectivity index (χ3v) is 1.12. The van der Waals surface area contributed by atoms with Gasteiger partial charge in [0.05, 0.1) is 5.54 Å². The zero-order valence-electron chi connectivity index (χ0n) is 6.35. The van der Waals surface area contributed by atoms with Crippen molar-refractivity contribution in [3.05, 3.63) is 0 Å². The predicted octanol–water partition coefficient (Wildman–Crippen LogP) is 0.949. The quantitative estimate of drug-likeness (QED) is 0.576. The normalized spacial score (nSPS) is 17.4. The Bertz CT molecular complexity index is 97.1. The largest absolute Gasteiger partial charge is 0.319 e. The molecule has 0 saturated heterocycles. The number of rotatable bonds is 3. The van der Waals surface area contributed by atoms with Crippen molar-refractivity contribution in [3.63, 3.8) is 0 Å². The minimum absolute atomic E-state index is 0.491. The van der Waals surface area contributed by atoms with Gasteiger partial charge in [0.15, 0.2) is 0 Å². The van der Waals surface area contributed by atoms with Crippen LogP contribution in [-0.2, 0) is 4.79 Å². The SMILES string of the molecule is CC(C)CC(C)(N)C=O. The van der Waals surface area contributed by atoms with Crippen molar-refractivity contribution in [2.24, 2.45) is 11.7 Å². The van der Waals surface area contributed by atoms with Gasteiger partial charge in [0.25, 0.3) is 0 Å². The molecule has 0 rings (SSSR count). The van der Waals surface area contributed by atoms with E-state index >= 15 is 0 Å². The molecular formula is C7H15NO. The van der Waals surface area contributed by atoms with E-state index < -0.39 is 5.54 Å². The Balaban J connectivity index is 3.71. The van der Waals surface area contributed by atoms with Gasteiger partial charge >= 0.3 is 0 Å². The molecule has 1 unspecified atom stereocenters. The monoisotopic (exact) mass is 129 g/mol. The van der Waals surface area contributed by atoms with Crippen LogP contribution in [0.3, 0.4) is 0 Å². The average Bonchev–Trinajstić information content (AvgIpc) is 1.63. The Morgan fingerprint density at radius 3 is 2.22 bits per heavy atom. The van der Waals surface area contributed by atoms with E-state index in [4.69, 9.17) is 5.73 Å². The molecule has 54 valence electrons. The molecule has 9 heavy (non-hydrogen) atoms. The molecule has 0 fully saturated rings. The lowest BCUT2D eigenvalue weighted by Crippen LogP contribution is -2.39. The fourth-order valence-corrected chi connectivity index (χ4v) is 0.928. The highest BCUT2D eigenvalue weighted by atomic mass is 16.1. The van der Waals surface area contributed by atoms with Crippen molar-refractivity contribution in [1.82, 2.24) is 0 Å². The van der Waals surface area contributed by atoms with Gasteiger partial charge in [-0.25, -0.2) is 0 Å². The van der Waals surface area contributed by atoms with Crippen molar-refractivity contribution in [1.29, 1.82) is 0 Å². The Morgan fingerprint density at radius 1 is 1.67 bits per heavy atom. The van der Waals surface area contributed by atoms with E-state index in [1.165, 1.54) is 0 Å². The number of carbonyl (C=O) groups excluding carboxylic acids is 1. The predicted molar refractivity (Wildman–Crippen MR) is 38.1 cm³/mol. The van der Waals surface area contributed by atoms with Crippen molar-refractivity contribution >= 4 is 6.29 Å². The first-order valence-corrected chi connectivity index (χ1v) is 3.23. The van der Waals surface area contributed by atoms with E-state index in [1.54, 1.807) is 6.92 Å². The van der Waals surface area contributed by atoms with E-state index in [2.05, 4.69) is 13.8 Å². The van der Waals surface area contributed by atoms with Crippen molar-refractivity contribution < 1.29 is 4.79 Å². The summed E-state index contributed by atoms with van der Waals surface area (Å²) in [5.74, 6) is 0.491. The van der Waals surface area contributed by atoms with Gasteiger partial charge in [-0.15, -0.1) is 0 Å². The summed E-state index contributed by atoms with van der Waals surface area (Å²) in [5.41, 5.74) is 4.93. The summed E-state index contributed by atoms with van der Waals surface area (Å²) in [6.45, 7) is 5.85. The van der Waals surface area contributed by atoms with E-state index in [0.29, 0.717) is 5.92 Å². The summed E-state index contributed by atoms with van der Waals surface area (Å²) in [6, 6.07) is 0. The Morgan fingerprint density at radius 2 is 2.11 bits per heavy atom. The second-order valence-corrected chi connectivity index (χ2v) is 3.22. The van der Waals surface area contributed by atoms with E-state index in [-0.39, 0.29) is 0 Å². The first kappa shape index (κ1) is 8.63. The second-order valence-electron chi connectivity index (χ2n) is 3.22. The summed E-state index contributed by atoms with van der Waals surface area (Å²) in [6.07, 6.45) is 1.57. The molecule has 0 heterocycles. The summed E-state index contributed by atoms with van der Waals surface area (Å²) in [5, 5.41) is 0. The van der Waals surface area contributed by atoms with Crippen LogP contribution in [0.1, 0.15) is 27.2 Å². The molecule has 0 aliphatic carbocycles. The number of hydrogen-bond acceptors (Lipinski definition) is 2. The topological polar surface area (TPSA) is 43.1 Å². The fraction of sp³-hybridized carbons (Fsp3) is 0.857. The highest BCUT2D eigenvalue weighted by Crippen LogP contribution is 2.09. The third-order valence-electron chi connectivity index (χ3n) is 1.12. The molecule has 0 aromatic rings. The Hall–Kier alpha value is -0.370. The highest BCUT2D eigenvalue weighted by molar-refractivity contribution is 5.62. The van der Waals surface area contributed by atoms with Crippen LogP contribution in [0.4, 0.5) is 0 Å². The maximum Gasteiger partial charge on any atom is 0.139 e. The average molecular weight is 129 g/mol. The van der Waals surface area contributed by atoms with Crippen LogP contribution in [0.25, 0.3) is 0 Å². The molecule has 0 amide bonds. The molecule has 2 nitrogen and oxygen atoms in total. The van der Waals surface area contributed by atoms with Crippen LogP contribution in [-0.4, -0.2) is 11.8 Å². The number of aldehydes is 1. The van der Waals surface area contributed by atoms with E-state index in [0.717, 1.165) is 12.7 Å². The van der Waals surface area contributed by atoms with Crippen LogP contribution in [0.2, 0.25) is 0 Å². The van der Waals surface area contributed by atoms with Gasteiger partial charge in [-0.05, 0) is 19.3 Å². The van der Waals surface area contributed by atoms with E-state index in [9.17, 15) is 4.79 Å². The van der Waals surface area contributed by atoms with Gasteiger partial charge in [0.2, 0.25) is 0 Å². The lowest BCUT2D eigenvalue weighted by atomic mass is 9.94. The molecule has 0 aliphatic rings. The minimum atomic E-state index is -0.617. The minimum Gasteiger partial charge on any atom is -0.319 e. The molecule has 1 atom stereocenters. The lowest BCUT2D eigenvalue weighted by Gasteiger charge is -2.18. The number of carbonyl (C=O) groups is 1. The Kier molecular flexibility index (Phi) is 2.85. The number of hydrogen-bond donors (Lipinski definition) is 1. The van der Waals surface area contributed by atoms with Gasteiger partial charge in [-0.3, -0.25) is 0 Å². The molecule has 0 spiro atoms. The molecule has 2 heteroatoms. The fourth-order valence-electron chi connectivity index (χ4n) is 0.928. The van der Waals surface area contributed by atoms with Crippen LogP contribution < -0.4 is 5.73 Å². The molecular weight excluding hydrogens is 114 g/mol. The van der Waals surface area contributed by atoms with Gasteiger partial charge < -0.3 is 10.5 Å². The molecule has 2 N–H and O–H groups in total. The van der Waals surface area contributed by atoms with Crippen molar-refractivity contribution in [2.75, 3.05) is 0 Å². The molecule has 0 aliphatic heterocycles. The highest BCUT2D eigenvalue weighted by Gasteiger charge is 2.17. The first-order valence-electron chi connectivity index (χ1n) is 3.23. The van der Waals surface area contributed by atoms with E-state index in [1.807, 2.05) is 0 Å². The third kappa shape index (κ3) is 4.15. The summed E-state index contributed by atoms with van der Waals surface area (Å²) in [7, 11) is 0. The standard InChI is InChI=1S/C7H15NO/c1-6(2)4-7(3,8)5-9/h5-6H,4,8H2,1-3H3. The van der Waals surface area contributed by atoms with Gasteiger partial charge in [-0.1, -0.05) is 13.8 Å². The van der Waals surface area contributed by atoms with Crippen molar-refractivity contribution in [3.8, 4) is 0 Å². The van der Waals surface area contributed by atoms with Crippen LogP contribution in [0.5, 0.6) is 0 Å². The summed E-state index contributed by atoms with van der Waals surface area (Å²) >= 11 is 0.